The van der Waals surface area contributed by atoms with Crippen molar-refractivity contribution in [2.75, 3.05) is 13.2 Å². The van der Waals surface area contributed by atoms with Crippen molar-refractivity contribution in [1.82, 2.24) is 0 Å². The second-order valence-electron chi connectivity index (χ2n) is 15.2. The van der Waals surface area contributed by atoms with E-state index in [2.05, 4.69) is 41.5 Å². The van der Waals surface area contributed by atoms with Gasteiger partial charge in [-0.25, -0.2) is 0 Å². The first kappa shape index (κ1) is 22.7. The quantitative estimate of drug-likeness (QED) is 0.386. The minimum absolute atomic E-state index is 0.00416. The van der Waals surface area contributed by atoms with Crippen LogP contribution in [0.3, 0.4) is 0 Å². The highest BCUT2D eigenvalue weighted by Gasteiger charge is 2.76. The summed E-state index contributed by atoms with van der Waals surface area (Å²) in [6, 6.07) is 0. The number of carbonyl (C=O) groups excluding carboxylic acids is 2. The van der Waals surface area contributed by atoms with E-state index < -0.39 is 0 Å². The minimum Gasteiger partial charge on any atom is -0.380 e. The van der Waals surface area contributed by atoms with Gasteiger partial charge in [-0.3, -0.25) is 9.59 Å². The Labute approximate surface area is 201 Å². The highest BCUT2D eigenvalue weighted by atomic mass is 16.5. The lowest BCUT2D eigenvalue weighted by atomic mass is 9.29. The fourth-order valence-electron chi connectivity index (χ4n) is 11.5. The molecule has 0 radical (unpaired) electrons. The summed E-state index contributed by atoms with van der Waals surface area (Å²) in [4.78, 5) is 26.4. The molecule has 3 nitrogen and oxygen atoms in total. The molecule has 184 valence electrons. The highest BCUT2D eigenvalue weighted by Crippen LogP contribution is 2.79. The zero-order valence-corrected chi connectivity index (χ0v) is 22.0. The van der Waals surface area contributed by atoms with E-state index in [4.69, 9.17) is 4.74 Å². The topological polar surface area (TPSA) is 43.4 Å². The van der Waals surface area contributed by atoms with Crippen molar-refractivity contribution < 1.29 is 14.3 Å². The lowest BCUT2D eigenvalue weighted by Crippen LogP contribution is -2.74. The van der Waals surface area contributed by atoms with Gasteiger partial charge in [0.05, 0.1) is 19.6 Å². The van der Waals surface area contributed by atoms with Gasteiger partial charge >= 0.3 is 0 Å². The third kappa shape index (κ3) is 2.57. The molecule has 2 bridgehead atoms. The second kappa shape index (κ2) is 6.54. The van der Waals surface area contributed by atoms with Crippen LogP contribution in [0.25, 0.3) is 0 Å². The number of hydrogen-bond donors (Lipinski definition) is 0. The maximum Gasteiger partial charge on any atom is 0.144 e. The summed E-state index contributed by atoms with van der Waals surface area (Å²) in [6.45, 7) is 16.3. The predicted octanol–water partition coefficient (Wildman–Crippen LogP) is 6.63. The fourth-order valence-corrected chi connectivity index (χ4v) is 11.5. The summed E-state index contributed by atoms with van der Waals surface area (Å²) in [5.41, 5.74) is 1.14. The molecule has 1 heterocycles. The fraction of sp³-hybridized carbons (Fsp3) is 0.933. The van der Waals surface area contributed by atoms with Gasteiger partial charge in [0.2, 0.25) is 0 Å². The smallest absolute Gasteiger partial charge is 0.144 e. The van der Waals surface area contributed by atoms with Gasteiger partial charge in [-0.05, 0) is 91.3 Å². The van der Waals surface area contributed by atoms with Crippen molar-refractivity contribution in [3.63, 3.8) is 0 Å². The summed E-state index contributed by atoms with van der Waals surface area (Å²) in [5, 5.41) is 0. The summed E-state index contributed by atoms with van der Waals surface area (Å²) >= 11 is 0. The van der Waals surface area contributed by atoms with Crippen molar-refractivity contribution in [3.05, 3.63) is 0 Å². The van der Waals surface area contributed by atoms with Gasteiger partial charge in [0, 0.05) is 22.7 Å². The van der Waals surface area contributed by atoms with Gasteiger partial charge in [-0.15, -0.1) is 0 Å². The van der Waals surface area contributed by atoms with Gasteiger partial charge in [0.15, 0.2) is 0 Å². The first-order valence-corrected chi connectivity index (χ1v) is 14.0. The van der Waals surface area contributed by atoms with E-state index in [9.17, 15) is 9.59 Å². The Morgan fingerprint density at radius 1 is 0.788 bits per heavy atom. The Kier molecular flexibility index (Phi) is 4.51. The van der Waals surface area contributed by atoms with E-state index in [0.717, 1.165) is 32.0 Å². The number of fused-ring (bicyclic) bond motifs is 3. The van der Waals surface area contributed by atoms with Crippen molar-refractivity contribution in [3.8, 4) is 0 Å². The Morgan fingerprint density at radius 2 is 1.52 bits per heavy atom. The molecule has 0 aromatic heterocycles. The Bertz CT molecular complexity index is 906. The van der Waals surface area contributed by atoms with Crippen LogP contribution >= 0.6 is 0 Å². The van der Waals surface area contributed by atoms with Crippen LogP contribution in [0.5, 0.6) is 0 Å². The molecule has 5 saturated carbocycles. The zero-order valence-electron chi connectivity index (χ0n) is 22.0. The number of rotatable bonds is 0. The van der Waals surface area contributed by atoms with E-state index in [1.807, 2.05) is 0 Å². The van der Waals surface area contributed by atoms with Gasteiger partial charge in [-0.2, -0.15) is 0 Å². The molecule has 0 aromatic carbocycles. The van der Waals surface area contributed by atoms with Gasteiger partial charge in [0.25, 0.3) is 0 Å². The summed E-state index contributed by atoms with van der Waals surface area (Å²) in [5.74, 6) is 1.75. The van der Waals surface area contributed by atoms with Crippen molar-refractivity contribution in [1.29, 1.82) is 0 Å². The number of ketones is 2. The van der Waals surface area contributed by atoms with Crippen LogP contribution in [0, 0.1) is 56.2 Å². The Morgan fingerprint density at radius 3 is 2.27 bits per heavy atom. The first-order chi connectivity index (χ1) is 15.3. The number of Topliss-reactive ketones (excluding diaryl/α,β-unsaturated/α-hetero) is 2. The second-order valence-corrected chi connectivity index (χ2v) is 15.2. The van der Waals surface area contributed by atoms with Crippen LogP contribution in [0.15, 0.2) is 0 Å². The average molecular weight is 455 g/mol. The van der Waals surface area contributed by atoms with Crippen LogP contribution in [-0.4, -0.2) is 24.8 Å². The van der Waals surface area contributed by atoms with E-state index in [1.165, 1.54) is 44.9 Å². The summed E-state index contributed by atoms with van der Waals surface area (Å²) in [6.07, 6.45) is 11.4. The van der Waals surface area contributed by atoms with Crippen LogP contribution < -0.4 is 0 Å². The zero-order chi connectivity index (χ0) is 23.7. The molecule has 6 aliphatic rings. The lowest BCUT2D eigenvalue weighted by molar-refractivity contribution is -0.315. The normalized spacial score (nSPS) is 57.4. The van der Waals surface area contributed by atoms with Gasteiger partial charge in [0.1, 0.15) is 11.6 Å². The van der Waals surface area contributed by atoms with Crippen LogP contribution in [-0.2, 0) is 14.3 Å². The molecule has 1 aliphatic heterocycles. The molecule has 6 rings (SSSR count). The molecule has 0 amide bonds. The van der Waals surface area contributed by atoms with Gasteiger partial charge < -0.3 is 4.74 Å². The molecule has 1 saturated heterocycles. The van der Waals surface area contributed by atoms with E-state index in [0.29, 0.717) is 22.2 Å². The number of hydrogen-bond acceptors (Lipinski definition) is 3. The molecule has 0 unspecified atom stereocenters. The molecule has 6 fully saturated rings. The number of carbonyl (C=O) groups is 2. The molecule has 0 aromatic rings. The predicted molar refractivity (Wildman–Crippen MR) is 130 cm³/mol. The molecule has 0 N–H and O–H groups in total. The molecular formula is C30H46O3. The first-order valence-electron chi connectivity index (χ1n) is 14.0. The van der Waals surface area contributed by atoms with Crippen LogP contribution in [0.1, 0.15) is 106 Å². The minimum atomic E-state index is -0.186. The van der Waals surface area contributed by atoms with E-state index in [-0.39, 0.29) is 46.1 Å². The molecule has 3 heteroatoms. The maximum absolute atomic E-state index is 13.7. The van der Waals surface area contributed by atoms with Crippen LogP contribution in [0.2, 0.25) is 0 Å². The van der Waals surface area contributed by atoms with Gasteiger partial charge in [-0.1, -0.05) is 41.5 Å². The van der Waals surface area contributed by atoms with Crippen molar-refractivity contribution in [2.45, 2.75) is 106 Å². The van der Waals surface area contributed by atoms with Crippen molar-refractivity contribution in [2.24, 2.45) is 56.2 Å². The summed E-state index contributed by atoms with van der Waals surface area (Å²) < 4.78 is 6.65. The third-order valence-electron chi connectivity index (χ3n) is 13.6. The SMILES string of the molecule is C[C@H]1C(=O)CC(=O)[C@@H]2[C@]1(C)CC[C@H]1[C@@]23CC[C@@]2(C)[C@@H]4CC(C)(C)CC[C@]4(C)CC[C@]12COC3. The average Bonchev–Trinajstić information content (AvgIpc) is 2.74. The Hall–Kier alpha value is -0.700. The molecule has 1 spiro atoms. The lowest BCUT2D eigenvalue weighted by Gasteiger charge is -2.76. The highest BCUT2D eigenvalue weighted by molar-refractivity contribution is 6.04. The molecule has 33 heavy (non-hydrogen) atoms. The van der Waals surface area contributed by atoms with Crippen molar-refractivity contribution >= 4 is 11.6 Å². The standard InChI is InChI=1S/C30H46O3/c1-19-20(31)15-21(32)24-27(19,5)8-7-22-29(24)13-12-28(6)23-16-25(2,3)9-10-26(23,4)11-14-30(22,28)18-33-17-29/h19,22-24H,7-18H2,1-6H3/t19-,22-,23+,24+,26+,27+,28-,29-,30-/m0/s1. The Balaban J connectivity index is 1.46. The molecular weight excluding hydrogens is 408 g/mol. The largest absolute Gasteiger partial charge is 0.380 e. The third-order valence-corrected chi connectivity index (χ3v) is 13.6. The monoisotopic (exact) mass is 454 g/mol. The van der Waals surface area contributed by atoms with E-state index in [1.54, 1.807) is 0 Å². The molecule has 9 atom stereocenters. The summed E-state index contributed by atoms with van der Waals surface area (Å²) in [7, 11) is 0. The maximum atomic E-state index is 13.7. The van der Waals surface area contributed by atoms with E-state index >= 15 is 0 Å². The van der Waals surface area contributed by atoms with Crippen LogP contribution in [0.4, 0.5) is 0 Å². The number of ether oxygens (including phenoxy) is 1. The molecule has 5 aliphatic carbocycles.